The molecule has 1 amide bonds. The minimum absolute atomic E-state index is 0.166. The third-order valence-corrected chi connectivity index (χ3v) is 5.36. The molecule has 0 spiro atoms. The lowest BCUT2D eigenvalue weighted by Gasteiger charge is -2.20. The van der Waals surface area contributed by atoms with E-state index in [4.69, 9.17) is 16.3 Å². The first-order valence-corrected chi connectivity index (χ1v) is 10.5. The smallest absolute Gasteiger partial charge is 0.252 e. The first-order chi connectivity index (χ1) is 15.2. The van der Waals surface area contributed by atoms with Crippen LogP contribution in [-0.2, 0) is 6.61 Å². The quantitative estimate of drug-likeness (QED) is 0.368. The molecule has 0 unspecified atom stereocenters. The summed E-state index contributed by atoms with van der Waals surface area (Å²) in [7, 11) is 0. The highest BCUT2D eigenvalue weighted by molar-refractivity contribution is 6.31. The van der Waals surface area contributed by atoms with Gasteiger partial charge in [-0.3, -0.25) is 4.79 Å². The van der Waals surface area contributed by atoms with Gasteiger partial charge < -0.3 is 10.1 Å². The van der Waals surface area contributed by atoms with Crippen molar-refractivity contribution in [3.8, 4) is 5.75 Å². The Morgan fingerprint density at radius 3 is 2.03 bits per heavy atom. The predicted octanol–water partition coefficient (Wildman–Crippen LogP) is 6.44. The van der Waals surface area contributed by atoms with Crippen LogP contribution in [0.5, 0.6) is 5.75 Å². The largest absolute Gasteiger partial charge is 0.489 e. The monoisotopic (exact) mass is 427 g/mol. The third kappa shape index (κ3) is 5.33. The van der Waals surface area contributed by atoms with Gasteiger partial charge in [0.15, 0.2) is 0 Å². The molecular formula is C27H22ClNO2. The first-order valence-electron chi connectivity index (χ1n) is 10.1. The zero-order valence-electron chi connectivity index (χ0n) is 16.9. The minimum atomic E-state index is -0.248. The van der Waals surface area contributed by atoms with Gasteiger partial charge in [0, 0.05) is 16.1 Å². The molecule has 3 nitrogen and oxygen atoms in total. The average molecular weight is 428 g/mol. The molecule has 0 aromatic heterocycles. The van der Waals surface area contributed by atoms with Crippen LogP contribution in [0.4, 0.5) is 0 Å². The number of carbonyl (C=O) groups excluding carboxylic acids is 1. The molecule has 0 radical (unpaired) electrons. The lowest BCUT2D eigenvalue weighted by molar-refractivity contribution is 0.0942. The standard InChI is InChI=1S/C27H22ClNO2/c28-25-17-8-7-14-23(25)19-31-24-16-9-15-22(18-24)27(30)29-26(20-10-3-1-4-11-20)21-12-5-2-6-13-21/h1-18,26H,19H2,(H,29,30). The van der Waals surface area contributed by atoms with Gasteiger partial charge in [0.25, 0.3) is 5.91 Å². The number of hydrogen-bond donors (Lipinski definition) is 1. The summed E-state index contributed by atoms with van der Waals surface area (Å²) in [5, 5.41) is 3.82. The summed E-state index contributed by atoms with van der Waals surface area (Å²) in [6.45, 7) is 0.335. The fourth-order valence-corrected chi connectivity index (χ4v) is 3.56. The Bertz CT molecular complexity index is 1110. The van der Waals surface area contributed by atoms with Crippen LogP contribution in [0.2, 0.25) is 5.02 Å². The van der Waals surface area contributed by atoms with Gasteiger partial charge in [0.05, 0.1) is 6.04 Å². The molecule has 0 aliphatic heterocycles. The van der Waals surface area contributed by atoms with E-state index in [1.54, 1.807) is 12.1 Å². The predicted molar refractivity (Wildman–Crippen MR) is 124 cm³/mol. The van der Waals surface area contributed by atoms with Crippen LogP contribution >= 0.6 is 11.6 Å². The van der Waals surface area contributed by atoms with Crippen molar-refractivity contribution in [1.29, 1.82) is 0 Å². The molecule has 0 bridgehead atoms. The summed E-state index contributed by atoms with van der Waals surface area (Å²) in [6.07, 6.45) is 0. The third-order valence-electron chi connectivity index (χ3n) is 4.99. The summed E-state index contributed by atoms with van der Waals surface area (Å²) >= 11 is 6.20. The second-order valence-electron chi connectivity index (χ2n) is 7.14. The van der Waals surface area contributed by atoms with E-state index in [9.17, 15) is 4.79 Å². The maximum atomic E-state index is 13.1. The van der Waals surface area contributed by atoms with Crippen LogP contribution in [0.3, 0.4) is 0 Å². The molecule has 0 saturated carbocycles. The van der Waals surface area contributed by atoms with Gasteiger partial charge in [-0.15, -0.1) is 0 Å². The normalized spacial score (nSPS) is 10.6. The Balaban J connectivity index is 1.52. The number of amides is 1. The number of halogens is 1. The number of rotatable bonds is 7. The van der Waals surface area contributed by atoms with Gasteiger partial charge in [-0.2, -0.15) is 0 Å². The van der Waals surface area contributed by atoms with Gasteiger partial charge in [-0.1, -0.05) is 96.5 Å². The van der Waals surface area contributed by atoms with E-state index < -0.39 is 0 Å². The molecule has 0 aliphatic rings. The average Bonchev–Trinajstić information content (AvgIpc) is 2.83. The van der Waals surface area contributed by atoms with Crippen molar-refractivity contribution in [2.24, 2.45) is 0 Å². The molecule has 4 aromatic carbocycles. The Morgan fingerprint density at radius 2 is 1.39 bits per heavy atom. The number of nitrogens with one attached hydrogen (secondary N) is 1. The van der Waals surface area contributed by atoms with E-state index >= 15 is 0 Å². The van der Waals surface area contributed by atoms with E-state index in [1.165, 1.54) is 0 Å². The van der Waals surface area contributed by atoms with Gasteiger partial charge in [-0.25, -0.2) is 0 Å². The zero-order valence-corrected chi connectivity index (χ0v) is 17.6. The van der Waals surface area contributed by atoms with Gasteiger partial charge >= 0.3 is 0 Å². The Labute approximate surface area is 187 Å². The molecule has 0 aliphatic carbocycles. The second-order valence-corrected chi connectivity index (χ2v) is 7.54. The van der Waals surface area contributed by atoms with E-state index in [0.29, 0.717) is 22.9 Å². The highest BCUT2D eigenvalue weighted by atomic mass is 35.5. The molecule has 4 heteroatoms. The summed E-state index contributed by atoms with van der Waals surface area (Å²) in [5.41, 5.74) is 3.47. The second kappa shape index (κ2) is 9.96. The van der Waals surface area contributed by atoms with Crippen LogP contribution in [-0.4, -0.2) is 5.91 Å². The maximum Gasteiger partial charge on any atom is 0.252 e. The first kappa shape index (κ1) is 20.7. The van der Waals surface area contributed by atoms with Crippen molar-refractivity contribution in [2.75, 3.05) is 0 Å². The SMILES string of the molecule is O=C(NC(c1ccccc1)c1ccccc1)c1cccc(OCc2ccccc2Cl)c1. The van der Waals surface area contributed by atoms with Crippen molar-refractivity contribution in [1.82, 2.24) is 5.32 Å². The number of ether oxygens (including phenoxy) is 1. The summed E-state index contributed by atoms with van der Waals surface area (Å²) in [4.78, 5) is 13.1. The zero-order chi connectivity index (χ0) is 21.5. The van der Waals surface area contributed by atoms with E-state index in [2.05, 4.69) is 5.32 Å². The Hall–Kier alpha value is -3.56. The van der Waals surface area contributed by atoms with Crippen LogP contribution in [0.25, 0.3) is 0 Å². The Kier molecular flexibility index (Phi) is 6.65. The molecule has 154 valence electrons. The number of hydrogen-bond acceptors (Lipinski definition) is 2. The molecular weight excluding hydrogens is 406 g/mol. The Morgan fingerprint density at radius 1 is 0.774 bits per heavy atom. The summed E-state index contributed by atoms with van der Waals surface area (Å²) in [6, 6.07) is 34.4. The van der Waals surface area contributed by atoms with Crippen molar-refractivity contribution in [2.45, 2.75) is 12.6 Å². The highest BCUT2D eigenvalue weighted by Crippen LogP contribution is 2.24. The van der Waals surface area contributed by atoms with E-state index in [0.717, 1.165) is 16.7 Å². The number of carbonyl (C=O) groups is 1. The van der Waals surface area contributed by atoms with Crippen LogP contribution in [0.1, 0.15) is 33.1 Å². The molecule has 0 fully saturated rings. The fourth-order valence-electron chi connectivity index (χ4n) is 3.37. The van der Waals surface area contributed by atoms with Crippen molar-refractivity contribution >= 4 is 17.5 Å². The fraction of sp³-hybridized carbons (Fsp3) is 0.0741. The van der Waals surface area contributed by atoms with Crippen molar-refractivity contribution < 1.29 is 9.53 Å². The summed E-state index contributed by atoms with van der Waals surface area (Å²) in [5.74, 6) is 0.449. The molecule has 1 N–H and O–H groups in total. The number of benzene rings is 4. The van der Waals surface area contributed by atoms with Gasteiger partial charge in [-0.05, 0) is 35.4 Å². The molecule has 4 rings (SSSR count). The van der Waals surface area contributed by atoms with E-state index in [1.807, 2.05) is 97.1 Å². The molecule has 0 saturated heterocycles. The maximum absolute atomic E-state index is 13.1. The van der Waals surface area contributed by atoms with Crippen molar-refractivity contribution in [3.05, 3.63) is 136 Å². The highest BCUT2D eigenvalue weighted by Gasteiger charge is 2.18. The van der Waals surface area contributed by atoms with Crippen LogP contribution in [0, 0.1) is 0 Å². The molecule has 31 heavy (non-hydrogen) atoms. The van der Waals surface area contributed by atoms with Crippen LogP contribution in [0.15, 0.2) is 109 Å². The van der Waals surface area contributed by atoms with Crippen molar-refractivity contribution in [3.63, 3.8) is 0 Å². The summed E-state index contributed by atoms with van der Waals surface area (Å²) < 4.78 is 5.87. The lowest BCUT2D eigenvalue weighted by Crippen LogP contribution is -2.29. The lowest BCUT2D eigenvalue weighted by atomic mass is 9.98. The van der Waals surface area contributed by atoms with Gasteiger partial charge in [0.1, 0.15) is 12.4 Å². The minimum Gasteiger partial charge on any atom is -0.489 e. The molecule has 0 atom stereocenters. The topological polar surface area (TPSA) is 38.3 Å². The molecule has 0 heterocycles. The van der Waals surface area contributed by atoms with Crippen LogP contribution < -0.4 is 10.1 Å². The van der Waals surface area contributed by atoms with Gasteiger partial charge in [0.2, 0.25) is 0 Å². The van der Waals surface area contributed by atoms with E-state index in [-0.39, 0.29) is 11.9 Å². The molecule has 4 aromatic rings.